The maximum atomic E-state index is 13.4. The van der Waals surface area contributed by atoms with Crippen LogP contribution in [0.4, 0.5) is 5.69 Å². The van der Waals surface area contributed by atoms with Crippen molar-refractivity contribution in [3.8, 4) is 0 Å². The molecule has 1 amide bonds. The zero-order valence-electron chi connectivity index (χ0n) is 19.6. The molecule has 0 unspecified atom stereocenters. The summed E-state index contributed by atoms with van der Waals surface area (Å²) in [6.45, 7) is 12.6. The summed E-state index contributed by atoms with van der Waals surface area (Å²) in [5.41, 5.74) is 0.625. The van der Waals surface area contributed by atoms with Gasteiger partial charge in [0.05, 0.1) is 21.2 Å². The number of β-lactam (4-membered cyclic amide) rings is 1. The Morgan fingerprint density at radius 1 is 1.36 bits per heavy atom. The first-order chi connectivity index (χ1) is 15.2. The zero-order valence-corrected chi connectivity index (χ0v) is 22.3. The Hall–Kier alpha value is -1.82. The third-order valence-electron chi connectivity index (χ3n) is 6.88. The first-order valence-electron chi connectivity index (χ1n) is 10.8. The van der Waals surface area contributed by atoms with E-state index in [1.165, 1.54) is 28.8 Å². The van der Waals surface area contributed by atoms with Gasteiger partial charge < -0.3 is 9.53 Å². The molecule has 0 spiro atoms. The van der Waals surface area contributed by atoms with Gasteiger partial charge in [0.15, 0.2) is 14.0 Å². The molecule has 0 bridgehead atoms. The van der Waals surface area contributed by atoms with Gasteiger partial charge in [0.2, 0.25) is 5.91 Å². The van der Waals surface area contributed by atoms with Crippen LogP contribution < -0.4 is 0 Å². The molecule has 3 atom stereocenters. The Kier molecular flexibility index (Phi) is 6.84. The van der Waals surface area contributed by atoms with Gasteiger partial charge in [-0.05, 0) is 30.1 Å². The summed E-state index contributed by atoms with van der Waals surface area (Å²) in [4.78, 5) is 36.4. The SMILES string of the molecule is CC[C@H](O[Si](C)(C)C(C)(C)C)[C@@H]1C(=O)N2C(C(=O)O)=C(S)S[C@]12Cc1ccc([N+](=O)[O-])cc1. The Bertz CT molecular complexity index is 1020. The van der Waals surface area contributed by atoms with Crippen LogP contribution >= 0.6 is 24.4 Å². The van der Waals surface area contributed by atoms with Gasteiger partial charge in [-0.25, -0.2) is 4.79 Å². The monoisotopic (exact) mass is 510 g/mol. The van der Waals surface area contributed by atoms with Gasteiger partial charge in [0.25, 0.3) is 5.69 Å². The Labute approximate surface area is 204 Å². The number of nitro benzene ring substituents is 1. The second-order valence-electron chi connectivity index (χ2n) is 9.98. The molecular weight excluding hydrogens is 480 g/mol. The van der Waals surface area contributed by atoms with Crippen LogP contribution in [0, 0.1) is 16.0 Å². The van der Waals surface area contributed by atoms with Gasteiger partial charge >= 0.3 is 5.97 Å². The van der Waals surface area contributed by atoms with Crippen LogP contribution in [-0.4, -0.2) is 46.1 Å². The molecule has 0 aliphatic carbocycles. The first-order valence-corrected chi connectivity index (χ1v) is 14.9. The van der Waals surface area contributed by atoms with Crippen LogP contribution in [0.1, 0.15) is 39.7 Å². The minimum absolute atomic E-state index is 0.0275. The second-order valence-corrected chi connectivity index (χ2v) is 16.8. The number of carbonyl (C=O) groups is 2. The molecule has 1 aromatic carbocycles. The number of nitro groups is 1. The summed E-state index contributed by atoms with van der Waals surface area (Å²) < 4.78 is 6.96. The van der Waals surface area contributed by atoms with E-state index in [4.69, 9.17) is 4.43 Å². The van der Waals surface area contributed by atoms with Gasteiger partial charge in [-0.3, -0.25) is 19.8 Å². The summed E-state index contributed by atoms with van der Waals surface area (Å²) in [6.07, 6.45) is 0.544. The molecule has 0 saturated carbocycles. The van der Waals surface area contributed by atoms with Gasteiger partial charge in [0.1, 0.15) is 4.87 Å². The number of thiol groups is 1. The highest BCUT2D eigenvalue weighted by Crippen LogP contribution is 2.62. The van der Waals surface area contributed by atoms with E-state index in [0.717, 1.165) is 5.56 Å². The molecule has 3 rings (SSSR count). The number of non-ortho nitro benzene ring substituents is 1. The first kappa shape index (κ1) is 25.8. The van der Waals surface area contributed by atoms with Crippen LogP contribution in [0.25, 0.3) is 0 Å². The normalized spacial score (nSPS) is 23.9. The van der Waals surface area contributed by atoms with Gasteiger partial charge in [-0.2, -0.15) is 0 Å². The van der Waals surface area contributed by atoms with Crippen molar-refractivity contribution in [2.24, 2.45) is 5.92 Å². The molecule has 8 nitrogen and oxygen atoms in total. The number of aliphatic carboxylic acids is 1. The van der Waals surface area contributed by atoms with Crippen LogP contribution in [0.2, 0.25) is 18.1 Å². The maximum Gasteiger partial charge on any atom is 0.354 e. The molecule has 33 heavy (non-hydrogen) atoms. The molecule has 1 fully saturated rings. The molecule has 2 heterocycles. The van der Waals surface area contributed by atoms with Crippen LogP contribution in [0.3, 0.4) is 0 Å². The van der Waals surface area contributed by atoms with E-state index >= 15 is 0 Å². The smallest absolute Gasteiger partial charge is 0.354 e. The fourth-order valence-corrected chi connectivity index (χ4v) is 7.73. The highest BCUT2D eigenvalue weighted by molar-refractivity contribution is 8.16. The van der Waals surface area contributed by atoms with Gasteiger partial charge in [0, 0.05) is 18.6 Å². The van der Waals surface area contributed by atoms with E-state index < -0.39 is 30.0 Å². The summed E-state index contributed by atoms with van der Waals surface area (Å²) in [6, 6.07) is 6.14. The van der Waals surface area contributed by atoms with Crippen molar-refractivity contribution < 1.29 is 24.0 Å². The van der Waals surface area contributed by atoms with Crippen molar-refractivity contribution >= 4 is 50.3 Å². The molecule has 1 N–H and O–H groups in total. The summed E-state index contributed by atoms with van der Waals surface area (Å²) >= 11 is 5.67. The number of hydrogen-bond acceptors (Lipinski definition) is 7. The van der Waals surface area contributed by atoms with E-state index in [2.05, 4.69) is 46.5 Å². The number of rotatable bonds is 8. The number of carbonyl (C=O) groups excluding carboxylic acids is 1. The lowest BCUT2D eigenvalue weighted by atomic mass is 9.77. The largest absolute Gasteiger partial charge is 0.477 e. The molecule has 1 aromatic rings. The summed E-state index contributed by atoms with van der Waals surface area (Å²) in [7, 11) is -2.21. The quantitative estimate of drug-likeness (QED) is 0.166. The fourth-order valence-electron chi connectivity index (χ4n) is 4.14. The molecule has 0 radical (unpaired) electrons. The number of thioether (sulfide) groups is 1. The van der Waals surface area contributed by atoms with Gasteiger partial charge in [-0.1, -0.05) is 51.6 Å². The lowest BCUT2D eigenvalue weighted by Gasteiger charge is -2.56. The summed E-state index contributed by atoms with van der Waals surface area (Å²) in [5.74, 6) is -2.05. The van der Waals surface area contributed by atoms with Crippen molar-refractivity contribution in [3.63, 3.8) is 0 Å². The lowest BCUT2D eigenvalue weighted by molar-refractivity contribution is -0.384. The zero-order chi connectivity index (χ0) is 24.9. The van der Waals surface area contributed by atoms with E-state index in [0.29, 0.717) is 12.8 Å². The van der Waals surface area contributed by atoms with Crippen LogP contribution in [0.5, 0.6) is 0 Å². The minimum atomic E-state index is -2.21. The number of fused-ring (bicyclic) bond motifs is 1. The number of nitrogens with zero attached hydrogens (tertiary/aromatic N) is 2. The summed E-state index contributed by atoms with van der Waals surface area (Å²) in [5, 5.41) is 20.7. The van der Waals surface area contributed by atoms with Crippen molar-refractivity contribution in [2.75, 3.05) is 0 Å². The average molecular weight is 511 g/mol. The fraction of sp³-hybridized carbons (Fsp3) is 0.545. The number of benzene rings is 1. The highest BCUT2D eigenvalue weighted by atomic mass is 32.2. The maximum absolute atomic E-state index is 13.4. The topological polar surface area (TPSA) is 110 Å². The molecule has 180 valence electrons. The van der Waals surface area contributed by atoms with Crippen LogP contribution in [-0.2, 0) is 20.4 Å². The number of amides is 1. The van der Waals surface area contributed by atoms with Crippen molar-refractivity contribution in [2.45, 2.75) is 69.6 Å². The second kappa shape index (κ2) is 8.75. The third-order valence-corrected chi connectivity index (χ3v) is 13.2. The van der Waals surface area contributed by atoms with E-state index in [1.807, 2.05) is 6.92 Å². The van der Waals surface area contributed by atoms with Crippen molar-refractivity contribution in [3.05, 3.63) is 49.9 Å². The molecule has 11 heteroatoms. The van der Waals surface area contributed by atoms with E-state index in [9.17, 15) is 24.8 Å². The predicted molar refractivity (Wildman–Crippen MR) is 133 cm³/mol. The Morgan fingerprint density at radius 3 is 2.39 bits per heavy atom. The minimum Gasteiger partial charge on any atom is -0.477 e. The van der Waals surface area contributed by atoms with Gasteiger partial charge in [-0.15, -0.1) is 12.6 Å². The molecular formula is C22H30N2O6S2Si. The predicted octanol–water partition coefficient (Wildman–Crippen LogP) is 5.02. The third kappa shape index (κ3) is 4.35. The number of carboxylic acids is 1. The lowest BCUT2D eigenvalue weighted by Crippen LogP contribution is -2.72. The average Bonchev–Trinajstić information content (AvgIpc) is 2.95. The molecule has 1 saturated heterocycles. The Morgan fingerprint density at radius 2 is 1.94 bits per heavy atom. The Balaban J connectivity index is 2.02. The van der Waals surface area contributed by atoms with Crippen molar-refractivity contribution in [1.82, 2.24) is 4.90 Å². The van der Waals surface area contributed by atoms with E-state index in [-0.39, 0.29) is 32.7 Å². The standard InChI is InChI=1S/C22H30N2O6S2Si/c1-7-15(30-33(5,6)21(2,3)4)16-18(25)23-17(19(26)27)20(31)32-22(16,23)12-13-8-10-14(11-9-13)24(28)29/h8-11,15-16,31H,7,12H2,1-6H3,(H,26,27)/t15-,16+,22+/m0/s1. The number of carboxylic acid groups (broad SMARTS) is 1. The van der Waals surface area contributed by atoms with E-state index in [1.54, 1.807) is 12.1 Å². The van der Waals surface area contributed by atoms with Crippen molar-refractivity contribution in [1.29, 1.82) is 0 Å². The number of hydrogen-bond donors (Lipinski definition) is 2. The molecule has 2 aliphatic heterocycles. The van der Waals surface area contributed by atoms with Crippen LogP contribution in [0.15, 0.2) is 34.2 Å². The molecule has 0 aromatic heterocycles. The molecule has 2 aliphatic rings. The highest BCUT2D eigenvalue weighted by Gasteiger charge is 2.69.